The summed E-state index contributed by atoms with van der Waals surface area (Å²) < 4.78 is 7.04. The van der Waals surface area contributed by atoms with Gasteiger partial charge in [0.1, 0.15) is 17.4 Å². The van der Waals surface area contributed by atoms with Crippen LogP contribution in [0, 0.1) is 0 Å². The smallest absolute Gasteiger partial charge is 0.233 e. The van der Waals surface area contributed by atoms with Gasteiger partial charge >= 0.3 is 0 Å². The van der Waals surface area contributed by atoms with Gasteiger partial charge in [0.05, 0.1) is 5.02 Å². The number of thiophene rings is 1. The van der Waals surface area contributed by atoms with Crippen LogP contribution in [0.15, 0.2) is 41.9 Å². The number of hydrogen-bond acceptors (Lipinski definition) is 5. The maximum absolute atomic E-state index is 10.6. The molecule has 4 nitrogen and oxygen atoms in total. The van der Waals surface area contributed by atoms with Crippen molar-refractivity contribution >= 4 is 44.6 Å². The fourth-order valence-corrected chi connectivity index (χ4v) is 3.91. The Morgan fingerprint density at radius 1 is 1.27 bits per heavy atom. The Morgan fingerprint density at radius 3 is 2.81 bits per heavy atom. The zero-order valence-corrected chi connectivity index (χ0v) is 16.8. The minimum absolute atomic E-state index is 0.0411. The van der Waals surface area contributed by atoms with Crippen molar-refractivity contribution < 1.29 is 9.84 Å². The van der Waals surface area contributed by atoms with E-state index in [1.54, 1.807) is 17.4 Å². The summed E-state index contributed by atoms with van der Waals surface area (Å²) in [5.74, 6) is 0.260. The van der Waals surface area contributed by atoms with Gasteiger partial charge in [-0.05, 0) is 53.9 Å². The Bertz CT molecular complexity index is 887. The topological polar surface area (TPSA) is 54.4 Å². The van der Waals surface area contributed by atoms with Crippen molar-refractivity contribution in [3.8, 4) is 5.88 Å². The van der Waals surface area contributed by atoms with Gasteiger partial charge in [-0.15, -0.1) is 11.3 Å². The van der Waals surface area contributed by atoms with Crippen LogP contribution in [0.25, 0.3) is 10.1 Å². The Labute approximate surface area is 166 Å². The first-order chi connectivity index (χ1) is 12.5. The van der Waals surface area contributed by atoms with Crippen LogP contribution in [0.5, 0.6) is 5.88 Å². The van der Waals surface area contributed by atoms with E-state index in [4.69, 9.17) is 27.9 Å². The van der Waals surface area contributed by atoms with Crippen LogP contribution in [-0.4, -0.2) is 22.4 Å². The van der Waals surface area contributed by atoms with E-state index in [9.17, 15) is 5.11 Å². The second-order valence-electron chi connectivity index (χ2n) is 6.06. The summed E-state index contributed by atoms with van der Waals surface area (Å²) in [6.07, 6.45) is 0.689. The quantitative estimate of drug-likeness (QED) is 0.509. The molecule has 0 aliphatic heterocycles. The van der Waals surface area contributed by atoms with Gasteiger partial charge in [0.15, 0.2) is 0 Å². The van der Waals surface area contributed by atoms with Crippen LogP contribution >= 0.6 is 34.5 Å². The second kappa shape index (κ2) is 8.55. The van der Waals surface area contributed by atoms with E-state index in [0.29, 0.717) is 16.5 Å². The molecule has 7 heteroatoms. The highest BCUT2D eigenvalue weighted by molar-refractivity contribution is 7.17. The molecular formula is C19H20Cl2N2O2S. The summed E-state index contributed by atoms with van der Waals surface area (Å²) in [7, 11) is 0. The zero-order chi connectivity index (χ0) is 18.7. The van der Waals surface area contributed by atoms with Crippen molar-refractivity contribution in [3.63, 3.8) is 0 Å². The van der Waals surface area contributed by atoms with Crippen molar-refractivity contribution in [2.75, 3.05) is 0 Å². The first-order valence-corrected chi connectivity index (χ1v) is 10.0. The predicted molar refractivity (Wildman–Crippen MR) is 108 cm³/mol. The number of benzene rings is 1. The summed E-state index contributed by atoms with van der Waals surface area (Å²) in [5.41, 5.74) is 1.10. The van der Waals surface area contributed by atoms with Gasteiger partial charge in [0.25, 0.3) is 0 Å². The van der Waals surface area contributed by atoms with Crippen LogP contribution < -0.4 is 10.1 Å². The number of nitrogens with zero attached hydrogens (tertiary/aromatic N) is 1. The van der Waals surface area contributed by atoms with Crippen molar-refractivity contribution in [2.45, 2.75) is 38.6 Å². The molecule has 0 aliphatic rings. The normalized spacial score (nSPS) is 15.0. The van der Waals surface area contributed by atoms with E-state index in [1.165, 1.54) is 16.3 Å². The van der Waals surface area contributed by atoms with Crippen LogP contribution in [0.1, 0.15) is 31.9 Å². The monoisotopic (exact) mass is 410 g/mol. The Balaban J connectivity index is 1.68. The average Bonchev–Trinajstić information content (AvgIpc) is 3.08. The molecule has 3 atom stereocenters. The molecule has 2 N–H and O–H groups in total. The number of nitrogens with one attached hydrogen (secondary N) is 1. The zero-order valence-electron chi connectivity index (χ0n) is 14.4. The number of aromatic nitrogens is 1. The summed E-state index contributed by atoms with van der Waals surface area (Å²) >= 11 is 13.7. The van der Waals surface area contributed by atoms with Gasteiger partial charge in [-0.3, -0.25) is 5.32 Å². The number of aliphatic hydroxyl groups is 1. The van der Waals surface area contributed by atoms with Crippen molar-refractivity contribution in [3.05, 3.63) is 57.5 Å². The van der Waals surface area contributed by atoms with E-state index >= 15 is 0 Å². The molecule has 3 rings (SSSR count). The number of pyridine rings is 1. The first kappa shape index (κ1) is 19.4. The van der Waals surface area contributed by atoms with Gasteiger partial charge in [-0.1, -0.05) is 36.2 Å². The largest absolute Gasteiger partial charge is 0.469 e. The molecular weight excluding hydrogens is 391 g/mol. The van der Waals surface area contributed by atoms with E-state index in [0.717, 1.165) is 5.56 Å². The minimum Gasteiger partial charge on any atom is -0.469 e. The van der Waals surface area contributed by atoms with Gasteiger partial charge in [0.2, 0.25) is 5.88 Å². The molecule has 0 amide bonds. The molecule has 0 fully saturated rings. The molecule has 26 heavy (non-hydrogen) atoms. The summed E-state index contributed by atoms with van der Waals surface area (Å²) in [4.78, 5) is 4.09. The number of fused-ring (bicyclic) bond motifs is 1. The minimum atomic E-state index is -0.873. The molecule has 3 unspecified atom stereocenters. The predicted octanol–water partition coefficient (Wildman–Crippen LogP) is 5.43. The highest BCUT2D eigenvalue weighted by Crippen LogP contribution is 2.27. The number of halogens is 2. The van der Waals surface area contributed by atoms with Crippen molar-refractivity contribution in [1.82, 2.24) is 10.3 Å². The van der Waals surface area contributed by atoms with E-state index < -0.39 is 12.3 Å². The third kappa shape index (κ3) is 4.48. The molecule has 3 aromatic rings. The second-order valence-corrected chi connectivity index (χ2v) is 7.85. The summed E-state index contributed by atoms with van der Waals surface area (Å²) in [6, 6.07) is 9.93. The van der Waals surface area contributed by atoms with Crippen molar-refractivity contribution in [1.29, 1.82) is 0 Å². The molecule has 138 valence electrons. The number of ether oxygens (including phenoxy) is 1. The van der Waals surface area contributed by atoms with E-state index in [2.05, 4.69) is 39.9 Å². The average molecular weight is 411 g/mol. The van der Waals surface area contributed by atoms with Crippen LogP contribution in [-0.2, 0) is 0 Å². The van der Waals surface area contributed by atoms with Crippen LogP contribution in [0.3, 0.4) is 0 Å². The summed E-state index contributed by atoms with van der Waals surface area (Å²) in [6.45, 7) is 3.94. The molecule has 0 saturated carbocycles. The molecule has 1 aromatic carbocycles. The first-order valence-electron chi connectivity index (χ1n) is 8.37. The number of rotatable bonds is 7. The maximum atomic E-state index is 10.6. The third-order valence-electron chi connectivity index (χ3n) is 4.19. The lowest BCUT2D eigenvalue weighted by atomic mass is 10.1. The lowest BCUT2D eigenvalue weighted by molar-refractivity contribution is 0.00310. The molecule has 2 aromatic heterocycles. The molecule has 0 spiro atoms. The van der Waals surface area contributed by atoms with Gasteiger partial charge < -0.3 is 9.84 Å². The van der Waals surface area contributed by atoms with Crippen LogP contribution in [0.4, 0.5) is 0 Å². The van der Waals surface area contributed by atoms with Gasteiger partial charge in [-0.25, -0.2) is 4.98 Å². The number of aliphatic hydroxyl groups excluding tert-OH is 1. The maximum Gasteiger partial charge on any atom is 0.233 e. The molecule has 0 bridgehead atoms. The standard InChI is InChI=1S/C19H20Cl2N2O2S/c1-3-16(25-19-15(21)9-14(20)10-22-19)18(24)23-11(2)12-4-5-17-13(8-12)6-7-26-17/h4-11,16,18,23-24H,3H2,1-2H3. The van der Waals surface area contributed by atoms with Gasteiger partial charge in [0, 0.05) is 16.9 Å². The Kier molecular flexibility index (Phi) is 6.37. The van der Waals surface area contributed by atoms with Crippen LogP contribution in [0.2, 0.25) is 10.0 Å². The lowest BCUT2D eigenvalue weighted by Gasteiger charge is -2.27. The highest BCUT2D eigenvalue weighted by Gasteiger charge is 2.23. The Morgan fingerprint density at radius 2 is 2.08 bits per heavy atom. The fourth-order valence-electron chi connectivity index (χ4n) is 2.72. The van der Waals surface area contributed by atoms with Gasteiger partial charge in [-0.2, -0.15) is 0 Å². The van der Waals surface area contributed by atoms with E-state index in [1.807, 2.05) is 13.8 Å². The summed E-state index contributed by atoms with van der Waals surface area (Å²) in [5, 5.41) is 17.8. The number of hydrogen-bond donors (Lipinski definition) is 2. The lowest BCUT2D eigenvalue weighted by Crippen LogP contribution is -2.43. The highest BCUT2D eigenvalue weighted by atomic mass is 35.5. The van der Waals surface area contributed by atoms with Crippen molar-refractivity contribution in [2.24, 2.45) is 0 Å². The molecule has 0 aliphatic carbocycles. The molecule has 0 radical (unpaired) electrons. The molecule has 0 saturated heterocycles. The van der Waals surface area contributed by atoms with E-state index in [-0.39, 0.29) is 11.9 Å². The Hall–Kier alpha value is -1.37. The fraction of sp³-hybridized carbons (Fsp3) is 0.316. The SMILES string of the molecule is CCC(Oc1ncc(Cl)cc1Cl)C(O)NC(C)c1ccc2sccc2c1. The molecule has 2 heterocycles. The third-order valence-corrected chi connectivity index (χ3v) is 5.56.